The van der Waals surface area contributed by atoms with Gasteiger partial charge in [0, 0.05) is 7.16 Å². The van der Waals surface area contributed by atoms with Crippen LogP contribution in [0.4, 0.5) is 0 Å². The minimum absolute atomic E-state index is 1.13. The van der Waals surface area contributed by atoms with Crippen molar-refractivity contribution in [2.45, 2.75) is 12.8 Å². The van der Waals surface area contributed by atoms with E-state index in [9.17, 15) is 0 Å². The zero-order chi connectivity index (χ0) is 8.55. The number of allylic oxidation sites excluding steroid dienone is 8. The Hall–Kier alpha value is 0.420. The van der Waals surface area contributed by atoms with Crippen LogP contribution in [0.5, 0.6) is 0 Å². The van der Waals surface area contributed by atoms with E-state index in [1.54, 1.807) is 0 Å². The number of hydrogen-bond acceptors (Lipinski definition) is 0. The van der Waals surface area contributed by atoms with Crippen LogP contribution in [0, 0.1) is 0 Å². The maximum absolute atomic E-state index is 2.42. The van der Waals surface area contributed by atoms with Crippen molar-refractivity contribution in [3.8, 4) is 0 Å². The highest BCUT2D eigenvalue weighted by molar-refractivity contribution is 14.1. The molecule has 62 valence electrons. The number of halogens is 2. The maximum atomic E-state index is 2.42. The second-order valence-electron chi connectivity index (χ2n) is 2.87. The molecule has 2 rings (SSSR count). The van der Waals surface area contributed by atoms with E-state index in [-0.39, 0.29) is 0 Å². The van der Waals surface area contributed by atoms with Crippen LogP contribution in [0.2, 0.25) is 0 Å². The highest BCUT2D eigenvalue weighted by atomic mass is 127. The van der Waals surface area contributed by atoms with Crippen molar-refractivity contribution in [1.82, 2.24) is 0 Å². The van der Waals surface area contributed by atoms with Gasteiger partial charge in [-0.25, -0.2) is 0 Å². The summed E-state index contributed by atoms with van der Waals surface area (Å²) in [5, 5.41) is 0. The molecular weight excluding hydrogens is 374 g/mol. The summed E-state index contributed by atoms with van der Waals surface area (Å²) in [6, 6.07) is 0. The quantitative estimate of drug-likeness (QED) is 0.594. The topological polar surface area (TPSA) is 0 Å². The molecule has 0 aromatic heterocycles. The minimum Gasteiger partial charge on any atom is -0.0790 e. The molecule has 0 saturated heterocycles. The summed E-state index contributed by atoms with van der Waals surface area (Å²) in [4.78, 5) is 0. The van der Waals surface area contributed by atoms with Gasteiger partial charge in [0.25, 0.3) is 0 Å². The molecule has 2 aliphatic rings. The van der Waals surface area contributed by atoms with Crippen LogP contribution in [0.3, 0.4) is 0 Å². The average molecular weight is 382 g/mol. The lowest BCUT2D eigenvalue weighted by atomic mass is 10.1. The smallest absolute Gasteiger partial charge is 0.0165 e. The third-order valence-electron chi connectivity index (χ3n) is 2.11. The highest BCUT2D eigenvalue weighted by Gasteiger charge is 2.15. The molecule has 0 unspecified atom stereocenters. The van der Waals surface area contributed by atoms with E-state index in [0.29, 0.717) is 0 Å². The Kier molecular flexibility index (Phi) is 2.74. The fourth-order valence-corrected chi connectivity index (χ4v) is 3.09. The fraction of sp³-hybridized carbons (Fsp3) is 0.200. The standard InChI is InChI=1S/C10H8I2/c11-9-5-1-3-7(9)8-4-2-6-10(8)12/h1-2,5-6H,3-4H2. The summed E-state index contributed by atoms with van der Waals surface area (Å²) < 4.78 is 2.83. The molecule has 0 aliphatic heterocycles. The van der Waals surface area contributed by atoms with Crippen molar-refractivity contribution in [1.29, 1.82) is 0 Å². The van der Waals surface area contributed by atoms with Gasteiger partial charge < -0.3 is 0 Å². The SMILES string of the molecule is IC1=C(C2=C(I)C=CC2)CC=C1. The lowest BCUT2D eigenvalue weighted by Crippen LogP contribution is -1.85. The van der Waals surface area contributed by atoms with Crippen LogP contribution in [0.15, 0.2) is 42.6 Å². The summed E-state index contributed by atoms with van der Waals surface area (Å²) in [6.45, 7) is 0. The van der Waals surface area contributed by atoms with Gasteiger partial charge in [0.15, 0.2) is 0 Å². The largest absolute Gasteiger partial charge is 0.0790 e. The molecule has 12 heavy (non-hydrogen) atoms. The van der Waals surface area contributed by atoms with Crippen molar-refractivity contribution in [3.63, 3.8) is 0 Å². The molecule has 0 bridgehead atoms. The van der Waals surface area contributed by atoms with Gasteiger partial charge in [-0.1, -0.05) is 24.3 Å². The van der Waals surface area contributed by atoms with Crippen LogP contribution in [0.1, 0.15) is 12.8 Å². The van der Waals surface area contributed by atoms with E-state index >= 15 is 0 Å². The molecule has 2 heteroatoms. The monoisotopic (exact) mass is 382 g/mol. The molecule has 0 amide bonds. The molecule has 0 saturated carbocycles. The summed E-state index contributed by atoms with van der Waals surface area (Å²) in [7, 11) is 0. The zero-order valence-corrected chi connectivity index (χ0v) is 10.8. The number of rotatable bonds is 1. The first-order chi connectivity index (χ1) is 5.79. The Morgan fingerprint density at radius 2 is 1.25 bits per heavy atom. The maximum Gasteiger partial charge on any atom is 0.0165 e. The van der Waals surface area contributed by atoms with Gasteiger partial charge in [0.05, 0.1) is 0 Å². The molecule has 0 radical (unpaired) electrons. The predicted octanol–water partition coefficient (Wildman–Crippen LogP) is 4.28. The fourth-order valence-electron chi connectivity index (χ4n) is 1.49. The first-order valence-corrected chi connectivity index (χ1v) is 6.05. The van der Waals surface area contributed by atoms with Crippen molar-refractivity contribution in [2.75, 3.05) is 0 Å². The Balaban J connectivity index is 2.34. The molecule has 0 aromatic rings. The van der Waals surface area contributed by atoms with E-state index in [1.807, 2.05) is 0 Å². The molecular formula is C10H8I2. The van der Waals surface area contributed by atoms with Gasteiger partial charge >= 0.3 is 0 Å². The molecule has 0 N–H and O–H groups in total. The normalized spacial score (nSPS) is 21.8. The van der Waals surface area contributed by atoms with Crippen LogP contribution >= 0.6 is 45.2 Å². The van der Waals surface area contributed by atoms with E-state index in [2.05, 4.69) is 69.5 Å². The lowest BCUT2D eigenvalue weighted by molar-refractivity contribution is 1.18. The second-order valence-corrected chi connectivity index (χ2v) is 5.19. The highest BCUT2D eigenvalue weighted by Crippen LogP contribution is 2.37. The van der Waals surface area contributed by atoms with Crippen molar-refractivity contribution >= 4 is 45.2 Å². The molecule has 0 nitrogen and oxygen atoms in total. The zero-order valence-electron chi connectivity index (χ0n) is 6.48. The van der Waals surface area contributed by atoms with E-state index in [1.165, 1.54) is 18.3 Å². The summed E-state index contributed by atoms with van der Waals surface area (Å²) in [6.07, 6.45) is 11.2. The Morgan fingerprint density at radius 3 is 1.50 bits per heavy atom. The van der Waals surface area contributed by atoms with Crippen molar-refractivity contribution in [2.24, 2.45) is 0 Å². The van der Waals surface area contributed by atoms with Crippen molar-refractivity contribution < 1.29 is 0 Å². The second kappa shape index (κ2) is 3.65. The van der Waals surface area contributed by atoms with E-state index in [4.69, 9.17) is 0 Å². The van der Waals surface area contributed by atoms with Gasteiger partial charge in [0.1, 0.15) is 0 Å². The number of hydrogen-bond donors (Lipinski definition) is 0. The molecule has 0 fully saturated rings. The van der Waals surface area contributed by atoms with E-state index in [0.717, 1.165) is 12.8 Å². The minimum atomic E-state index is 1.13. The first-order valence-electron chi connectivity index (χ1n) is 3.90. The van der Waals surface area contributed by atoms with Crippen molar-refractivity contribution in [3.05, 3.63) is 42.6 Å². The van der Waals surface area contributed by atoms with Gasteiger partial charge in [-0.15, -0.1) is 0 Å². The third kappa shape index (κ3) is 1.55. The molecule has 0 atom stereocenters. The van der Waals surface area contributed by atoms with Gasteiger partial charge in [-0.05, 0) is 69.2 Å². The Labute approximate surface area is 99.8 Å². The molecule has 0 heterocycles. The molecule has 0 spiro atoms. The Morgan fingerprint density at radius 1 is 0.833 bits per heavy atom. The third-order valence-corrected chi connectivity index (χ3v) is 4.13. The van der Waals surface area contributed by atoms with Crippen LogP contribution in [-0.2, 0) is 0 Å². The van der Waals surface area contributed by atoms with Crippen LogP contribution < -0.4 is 0 Å². The van der Waals surface area contributed by atoms with E-state index < -0.39 is 0 Å². The average Bonchev–Trinajstić information content (AvgIpc) is 2.59. The summed E-state index contributed by atoms with van der Waals surface area (Å²) in [5.41, 5.74) is 3.06. The van der Waals surface area contributed by atoms with Gasteiger partial charge in [0.2, 0.25) is 0 Å². The van der Waals surface area contributed by atoms with Gasteiger partial charge in [-0.2, -0.15) is 0 Å². The molecule has 0 aromatic carbocycles. The summed E-state index contributed by atoms with van der Waals surface area (Å²) in [5.74, 6) is 0. The first kappa shape index (κ1) is 8.99. The predicted molar refractivity (Wildman–Crippen MR) is 69.6 cm³/mol. The van der Waals surface area contributed by atoms with Crippen LogP contribution in [-0.4, -0.2) is 0 Å². The van der Waals surface area contributed by atoms with Crippen LogP contribution in [0.25, 0.3) is 0 Å². The molecule has 2 aliphatic carbocycles. The lowest BCUT2D eigenvalue weighted by Gasteiger charge is -2.05. The Bertz CT molecular complexity index is 296. The summed E-state index contributed by atoms with van der Waals surface area (Å²) >= 11 is 4.84. The van der Waals surface area contributed by atoms with Gasteiger partial charge in [-0.3, -0.25) is 0 Å².